The molecule has 12 unspecified atom stereocenters. The standard InChI is InChI=1S/C58H81N9O14/c1-35(61-50(70)32-67-29-42-27-43(30-67)81-42)53(73)64-46(25-38-14-17-41(77-5)18-15-38)55(75)63-45(52(72)58(4)34-80-58)26-40-13-9-12-39(40)16-19-48(68)59-28-47(65-54(74)36(2)60-49(69)31-66-20-22-78-23-21-66)56(76)62-44(51(71)57(3)33-79-57)24-37-10-7-6-8-11-37/h6-8,10-11,14-15,17-18,35-36,39-40,42-47H,9,12-13,16,19-34H2,1-5H3,(H,59,68)(H,60,69)(H,61,70)(H,62,76)(H,63,75)(H,64,73)(H,65,74). The molecule has 0 radical (unpaired) electrons. The second-order valence-corrected chi connectivity index (χ2v) is 23.1. The summed E-state index contributed by atoms with van der Waals surface area (Å²) in [7, 11) is 1.54. The van der Waals surface area contributed by atoms with Crippen LogP contribution in [0, 0.1) is 11.8 Å². The van der Waals surface area contributed by atoms with Crippen molar-refractivity contribution in [1.82, 2.24) is 47.0 Å². The van der Waals surface area contributed by atoms with Gasteiger partial charge in [0.2, 0.25) is 41.4 Å². The van der Waals surface area contributed by atoms with Gasteiger partial charge < -0.3 is 60.9 Å². The summed E-state index contributed by atoms with van der Waals surface area (Å²) in [6, 6.07) is 9.61. The Kier molecular flexibility index (Phi) is 20.7. The van der Waals surface area contributed by atoms with Gasteiger partial charge in [0.15, 0.2) is 11.6 Å². The number of carbonyl (C=O) groups is 9. The summed E-state index contributed by atoms with van der Waals surface area (Å²) in [6.07, 6.45) is 4.39. The van der Waals surface area contributed by atoms with Gasteiger partial charge in [-0.3, -0.25) is 53.0 Å². The summed E-state index contributed by atoms with van der Waals surface area (Å²) in [5.74, 6) is -3.87. The van der Waals surface area contributed by atoms with Crippen molar-refractivity contribution in [2.75, 3.05) is 79.4 Å². The molecule has 7 N–H and O–H groups in total. The third-order valence-corrected chi connectivity index (χ3v) is 16.4. The maximum absolute atomic E-state index is 14.5. The van der Waals surface area contributed by atoms with E-state index in [1.54, 1.807) is 45.0 Å². The number of carbonyl (C=O) groups excluding carboxylic acids is 9. The third-order valence-electron chi connectivity index (χ3n) is 16.4. The summed E-state index contributed by atoms with van der Waals surface area (Å²) in [4.78, 5) is 128. The third kappa shape index (κ3) is 17.3. The fourth-order valence-electron chi connectivity index (χ4n) is 11.2. The highest BCUT2D eigenvalue weighted by atomic mass is 16.6. The lowest BCUT2D eigenvalue weighted by Gasteiger charge is -2.46. The van der Waals surface area contributed by atoms with Crippen LogP contribution in [0.2, 0.25) is 0 Å². The van der Waals surface area contributed by atoms with Crippen molar-refractivity contribution >= 4 is 52.9 Å². The zero-order valence-corrected chi connectivity index (χ0v) is 47.2. The van der Waals surface area contributed by atoms with Crippen molar-refractivity contribution < 1.29 is 66.8 Å². The lowest BCUT2D eigenvalue weighted by molar-refractivity contribution is -0.181. The summed E-state index contributed by atoms with van der Waals surface area (Å²) in [6.45, 7) is 9.94. The van der Waals surface area contributed by atoms with Crippen LogP contribution in [-0.2, 0) is 74.9 Å². The van der Waals surface area contributed by atoms with Gasteiger partial charge in [-0.25, -0.2) is 0 Å². The van der Waals surface area contributed by atoms with E-state index < -0.39 is 77.0 Å². The predicted molar refractivity (Wildman–Crippen MR) is 293 cm³/mol. The molecule has 23 heteroatoms. The number of nitrogens with one attached hydrogen (secondary N) is 7. The molecule has 81 heavy (non-hydrogen) atoms. The Bertz CT molecular complexity index is 2560. The number of methoxy groups -OCH3 is 1. The second kappa shape index (κ2) is 27.6. The quantitative estimate of drug-likeness (QED) is 0.0492. The van der Waals surface area contributed by atoms with Crippen LogP contribution in [0.3, 0.4) is 0 Å². The molecule has 12 atom stereocenters. The molecule has 6 aliphatic heterocycles. The summed E-state index contributed by atoms with van der Waals surface area (Å²) >= 11 is 0. The molecule has 2 aromatic carbocycles. The fourth-order valence-corrected chi connectivity index (χ4v) is 11.2. The molecule has 9 rings (SSSR count). The van der Waals surface area contributed by atoms with Crippen molar-refractivity contribution in [2.24, 2.45) is 11.8 Å². The van der Waals surface area contributed by atoms with Gasteiger partial charge in [0.25, 0.3) is 0 Å². The highest BCUT2D eigenvalue weighted by molar-refractivity contribution is 6.00. The van der Waals surface area contributed by atoms with Crippen LogP contribution in [0.15, 0.2) is 54.6 Å². The molecule has 0 aromatic heterocycles. The van der Waals surface area contributed by atoms with E-state index in [0.717, 1.165) is 31.2 Å². The van der Waals surface area contributed by atoms with E-state index >= 15 is 0 Å². The molecular formula is C58H81N9O14. The Labute approximate surface area is 473 Å². The molecule has 6 saturated heterocycles. The van der Waals surface area contributed by atoms with Crippen LogP contribution in [-0.4, -0.2) is 202 Å². The molecule has 7 aliphatic rings. The second-order valence-electron chi connectivity index (χ2n) is 23.1. The Morgan fingerprint density at radius 3 is 1.72 bits per heavy atom. The molecule has 6 heterocycles. The molecule has 2 bridgehead atoms. The SMILES string of the molecule is COc1ccc(CC(NC(=O)C(C)NC(=O)CN2CC3CC(C2)O3)C(=O)NC(CC2CCCC2CCC(=O)NCC(NC(=O)C(C)NC(=O)CN2CCOCC2)C(=O)NC(Cc2ccccc2)C(=O)C2(C)CO2)C(=O)C2(C)CO2)cc1. The number of rotatable bonds is 30. The molecule has 7 amide bonds. The number of Topliss-reactive ketones (excluding diaryl/α,β-unsaturated/α-hetero) is 2. The van der Waals surface area contributed by atoms with Crippen molar-refractivity contribution in [3.05, 3.63) is 65.7 Å². The van der Waals surface area contributed by atoms with E-state index in [0.29, 0.717) is 57.1 Å². The van der Waals surface area contributed by atoms with E-state index in [1.807, 2.05) is 40.1 Å². The van der Waals surface area contributed by atoms with Crippen molar-refractivity contribution in [3.8, 4) is 5.75 Å². The van der Waals surface area contributed by atoms with Crippen molar-refractivity contribution in [2.45, 2.75) is 145 Å². The zero-order valence-electron chi connectivity index (χ0n) is 47.2. The van der Waals surface area contributed by atoms with Crippen LogP contribution < -0.4 is 42.0 Å². The number of epoxide rings is 2. The molecule has 1 saturated carbocycles. The topological polar surface area (TPSA) is 297 Å². The largest absolute Gasteiger partial charge is 0.497 e. The highest BCUT2D eigenvalue weighted by Gasteiger charge is 2.52. The van der Waals surface area contributed by atoms with Gasteiger partial charge in [-0.05, 0) is 82.1 Å². The molecule has 23 nitrogen and oxygen atoms in total. The number of amides is 7. The number of hydrogen-bond acceptors (Lipinski definition) is 16. The van der Waals surface area contributed by atoms with Gasteiger partial charge >= 0.3 is 0 Å². The number of ether oxygens (including phenoxy) is 5. The maximum atomic E-state index is 14.5. The highest BCUT2D eigenvalue weighted by Crippen LogP contribution is 2.40. The van der Waals surface area contributed by atoms with E-state index in [4.69, 9.17) is 23.7 Å². The van der Waals surface area contributed by atoms with Crippen LogP contribution in [0.25, 0.3) is 0 Å². The first-order valence-electron chi connectivity index (χ1n) is 28.5. The van der Waals surface area contributed by atoms with Gasteiger partial charge in [0, 0.05) is 52.0 Å². The minimum Gasteiger partial charge on any atom is -0.497 e. The summed E-state index contributed by atoms with van der Waals surface area (Å²) in [5.41, 5.74) is -0.697. The van der Waals surface area contributed by atoms with Crippen molar-refractivity contribution in [3.63, 3.8) is 0 Å². The first-order chi connectivity index (χ1) is 38.8. The molecule has 0 spiro atoms. The molecule has 1 aliphatic carbocycles. The Balaban J connectivity index is 0.896. The van der Waals surface area contributed by atoms with E-state index in [2.05, 4.69) is 37.2 Å². The lowest BCUT2D eigenvalue weighted by Crippen LogP contribution is -2.60. The molecule has 2 aromatic rings. The van der Waals surface area contributed by atoms with Crippen LogP contribution in [0.1, 0.15) is 83.8 Å². The first kappa shape index (κ1) is 60.7. The first-order valence-corrected chi connectivity index (χ1v) is 28.5. The van der Waals surface area contributed by atoms with E-state index in [1.165, 1.54) is 14.0 Å². The molecular weight excluding hydrogens is 1050 g/mol. The van der Waals surface area contributed by atoms with Crippen LogP contribution in [0.4, 0.5) is 0 Å². The number of nitrogens with zero attached hydrogens (tertiary/aromatic N) is 2. The Morgan fingerprint density at radius 1 is 0.617 bits per heavy atom. The molecule has 442 valence electrons. The van der Waals surface area contributed by atoms with Crippen LogP contribution in [0.5, 0.6) is 5.75 Å². The van der Waals surface area contributed by atoms with Crippen LogP contribution >= 0.6 is 0 Å². The van der Waals surface area contributed by atoms with Gasteiger partial charge in [-0.15, -0.1) is 0 Å². The maximum Gasteiger partial charge on any atom is 0.245 e. The minimum absolute atomic E-state index is 0.0325. The van der Waals surface area contributed by atoms with Gasteiger partial charge in [-0.1, -0.05) is 61.7 Å². The minimum atomic E-state index is -1.36. The Hall–Kier alpha value is -6.37. The predicted octanol–water partition coefficient (Wildman–Crippen LogP) is -0.347. The van der Waals surface area contributed by atoms with E-state index in [9.17, 15) is 43.2 Å². The van der Waals surface area contributed by atoms with E-state index in [-0.39, 0.29) is 106 Å². The number of hydrogen-bond donors (Lipinski definition) is 7. The number of morpholine rings is 2. The summed E-state index contributed by atoms with van der Waals surface area (Å²) < 4.78 is 27.4. The average Bonchev–Trinajstić information content (AvgIpc) is 4.54. The number of fused-ring (bicyclic) bond motifs is 2. The van der Waals surface area contributed by atoms with Gasteiger partial charge in [0.05, 0.1) is 70.9 Å². The normalized spacial score (nSPS) is 26.1. The number of benzene rings is 2. The number of ketones is 2. The summed E-state index contributed by atoms with van der Waals surface area (Å²) in [5, 5.41) is 19.6. The lowest BCUT2D eigenvalue weighted by atomic mass is 9.83. The Morgan fingerprint density at radius 2 is 1.12 bits per heavy atom. The average molecular weight is 1130 g/mol. The van der Waals surface area contributed by atoms with Gasteiger partial charge in [-0.2, -0.15) is 0 Å². The molecule has 7 fully saturated rings. The zero-order chi connectivity index (χ0) is 57.8. The smallest absolute Gasteiger partial charge is 0.245 e. The number of piperidine rings is 1. The monoisotopic (exact) mass is 1130 g/mol. The van der Waals surface area contributed by atoms with Crippen molar-refractivity contribution in [1.29, 1.82) is 0 Å². The van der Waals surface area contributed by atoms with Gasteiger partial charge in [0.1, 0.15) is 41.1 Å². The fraction of sp³-hybridized carbons (Fsp3) is 0.638.